The molecule has 2 aromatic heterocycles. The molecule has 7 nitrogen and oxygen atoms in total. The number of hydrogen-bond donors (Lipinski definition) is 2. The lowest BCUT2D eigenvalue weighted by atomic mass is 10.1. The standard InChI is InChI=1S/C24H24N4O3S2/c1-2-17(15-29)25-21-18(22(30)27-12-7-6-10-20(27)26-21)14-19-23(31)28(24(32)33-19)13-11-16-8-4-3-5-9-16/h3-10,12,14,17,25,29H,2,11,13,15H2,1H3/b19-14-. The van der Waals surface area contributed by atoms with E-state index in [1.165, 1.54) is 16.2 Å². The zero-order valence-corrected chi connectivity index (χ0v) is 19.7. The summed E-state index contributed by atoms with van der Waals surface area (Å²) in [5.41, 5.74) is 1.55. The van der Waals surface area contributed by atoms with Gasteiger partial charge in [0, 0.05) is 12.7 Å². The lowest BCUT2D eigenvalue weighted by molar-refractivity contribution is -0.122. The van der Waals surface area contributed by atoms with Crippen LogP contribution in [0.3, 0.4) is 0 Å². The Kier molecular flexibility index (Phi) is 7.22. The van der Waals surface area contributed by atoms with Crippen molar-refractivity contribution in [2.75, 3.05) is 18.5 Å². The van der Waals surface area contributed by atoms with Gasteiger partial charge in [0.15, 0.2) is 0 Å². The van der Waals surface area contributed by atoms with Gasteiger partial charge in [0.05, 0.1) is 23.1 Å². The summed E-state index contributed by atoms with van der Waals surface area (Å²) in [5, 5.41) is 12.8. The molecule has 3 heterocycles. The molecule has 0 aliphatic carbocycles. The molecule has 0 saturated carbocycles. The van der Waals surface area contributed by atoms with Crippen LogP contribution in [-0.2, 0) is 11.2 Å². The van der Waals surface area contributed by atoms with Crippen LogP contribution < -0.4 is 10.9 Å². The van der Waals surface area contributed by atoms with Gasteiger partial charge in [0.2, 0.25) is 0 Å². The summed E-state index contributed by atoms with van der Waals surface area (Å²) in [7, 11) is 0. The number of aliphatic hydroxyl groups excluding tert-OH is 1. The summed E-state index contributed by atoms with van der Waals surface area (Å²) in [6.07, 6.45) is 4.53. The topological polar surface area (TPSA) is 86.9 Å². The Morgan fingerprint density at radius 2 is 1.94 bits per heavy atom. The highest BCUT2D eigenvalue weighted by molar-refractivity contribution is 8.26. The summed E-state index contributed by atoms with van der Waals surface area (Å²) >= 11 is 6.64. The Hall–Kier alpha value is -3.01. The SMILES string of the molecule is CCC(CO)Nc1nc2ccccn2c(=O)c1/C=C1\SC(=S)N(CCc2ccccc2)C1=O. The van der Waals surface area contributed by atoms with Crippen molar-refractivity contribution in [3.8, 4) is 0 Å². The largest absolute Gasteiger partial charge is 0.394 e. The summed E-state index contributed by atoms with van der Waals surface area (Å²) in [6, 6.07) is 14.9. The third-order valence-electron chi connectivity index (χ3n) is 5.44. The predicted octanol–water partition coefficient (Wildman–Crippen LogP) is 3.32. The van der Waals surface area contributed by atoms with Crippen LogP contribution >= 0.6 is 24.0 Å². The maximum atomic E-state index is 13.3. The van der Waals surface area contributed by atoms with Crippen molar-refractivity contribution >= 4 is 51.7 Å². The van der Waals surface area contributed by atoms with Crippen LogP contribution in [0.4, 0.5) is 5.82 Å². The number of hydrogen-bond acceptors (Lipinski definition) is 7. The van der Waals surface area contributed by atoms with Gasteiger partial charge < -0.3 is 10.4 Å². The van der Waals surface area contributed by atoms with E-state index in [0.29, 0.717) is 40.1 Å². The van der Waals surface area contributed by atoms with Crippen LogP contribution in [0.15, 0.2) is 64.4 Å². The van der Waals surface area contributed by atoms with E-state index in [-0.39, 0.29) is 29.7 Å². The maximum Gasteiger partial charge on any atom is 0.267 e. The molecule has 33 heavy (non-hydrogen) atoms. The van der Waals surface area contributed by atoms with E-state index >= 15 is 0 Å². The molecule has 1 atom stereocenters. The fraction of sp³-hybridized carbons (Fsp3) is 0.250. The normalized spacial score (nSPS) is 16.1. The number of nitrogens with zero attached hydrogens (tertiary/aromatic N) is 3. The van der Waals surface area contributed by atoms with E-state index in [4.69, 9.17) is 12.2 Å². The minimum atomic E-state index is -0.301. The maximum absolute atomic E-state index is 13.3. The fourth-order valence-corrected chi connectivity index (χ4v) is 4.81. The average Bonchev–Trinajstić information content (AvgIpc) is 3.11. The molecular formula is C24H24N4O3S2. The molecule has 4 rings (SSSR count). The van der Waals surface area contributed by atoms with Gasteiger partial charge in [-0.2, -0.15) is 0 Å². The van der Waals surface area contributed by atoms with E-state index in [9.17, 15) is 14.7 Å². The zero-order chi connectivity index (χ0) is 23.4. The molecular weight excluding hydrogens is 456 g/mol. The molecule has 0 bridgehead atoms. The third-order valence-corrected chi connectivity index (χ3v) is 6.82. The number of aromatic nitrogens is 2. The third kappa shape index (κ3) is 5.00. The number of aliphatic hydroxyl groups is 1. The van der Waals surface area contributed by atoms with Crippen molar-refractivity contribution in [3.05, 3.63) is 81.1 Å². The van der Waals surface area contributed by atoms with E-state index in [1.54, 1.807) is 35.4 Å². The molecule has 1 aliphatic heterocycles. The monoisotopic (exact) mass is 480 g/mol. The van der Waals surface area contributed by atoms with Gasteiger partial charge in [-0.1, -0.05) is 67.3 Å². The molecule has 3 aromatic rings. The second kappa shape index (κ2) is 10.3. The lowest BCUT2D eigenvalue weighted by Crippen LogP contribution is -2.30. The average molecular weight is 481 g/mol. The number of benzene rings is 1. The minimum Gasteiger partial charge on any atom is -0.394 e. The van der Waals surface area contributed by atoms with Crippen LogP contribution in [-0.4, -0.2) is 48.8 Å². The van der Waals surface area contributed by atoms with Crippen LogP contribution in [0.25, 0.3) is 11.7 Å². The van der Waals surface area contributed by atoms with Crippen LogP contribution in [0.5, 0.6) is 0 Å². The number of rotatable bonds is 8. The molecule has 1 fully saturated rings. The first kappa shape index (κ1) is 23.2. The molecule has 9 heteroatoms. The first-order chi connectivity index (χ1) is 16.0. The second-order valence-electron chi connectivity index (χ2n) is 7.61. The van der Waals surface area contributed by atoms with E-state index in [2.05, 4.69) is 10.3 Å². The number of thiocarbonyl (C=S) groups is 1. The molecule has 1 unspecified atom stereocenters. The van der Waals surface area contributed by atoms with Crippen molar-refractivity contribution in [1.29, 1.82) is 0 Å². The summed E-state index contributed by atoms with van der Waals surface area (Å²) in [5.74, 6) is 0.111. The fourth-order valence-electron chi connectivity index (χ4n) is 3.52. The predicted molar refractivity (Wildman–Crippen MR) is 136 cm³/mol. The summed E-state index contributed by atoms with van der Waals surface area (Å²) in [6.45, 7) is 2.29. The highest BCUT2D eigenvalue weighted by Crippen LogP contribution is 2.33. The number of carbonyl (C=O) groups excluding carboxylic acids is 1. The van der Waals surface area contributed by atoms with Gasteiger partial charge in [-0.3, -0.25) is 18.9 Å². The van der Waals surface area contributed by atoms with Gasteiger partial charge in [0.1, 0.15) is 15.8 Å². The first-order valence-corrected chi connectivity index (χ1v) is 11.9. The summed E-state index contributed by atoms with van der Waals surface area (Å²) in [4.78, 5) is 32.9. The smallest absolute Gasteiger partial charge is 0.267 e. The number of thioether (sulfide) groups is 1. The first-order valence-electron chi connectivity index (χ1n) is 10.7. The second-order valence-corrected chi connectivity index (χ2v) is 9.28. The van der Waals surface area contributed by atoms with E-state index in [1.807, 2.05) is 37.3 Å². The molecule has 1 saturated heterocycles. The quantitative estimate of drug-likeness (QED) is 0.378. The van der Waals surface area contributed by atoms with Crippen molar-refractivity contribution in [2.24, 2.45) is 0 Å². The van der Waals surface area contributed by atoms with Crippen LogP contribution in [0.2, 0.25) is 0 Å². The van der Waals surface area contributed by atoms with Gasteiger partial charge in [-0.05, 0) is 36.6 Å². The Morgan fingerprint density at radius 1 is 1.18 bits per heavy atom. The zero-order valence-electron chi connectivity index (χ0n) is 18.1. The van der Waals surface area contributed by atoms with Crippen molar-refractivity contribution in [2.45, 2.75) is 25.8 Å². The minimum absolute atomic E-state index is 0.104. The van der Waals surface area contributed by atoms with E-state index < -0.39 is 0 Å². The Morgan fingerprint density at radius 3 is 2.67 bits per heavy atom. The molecule has 0 radical (unpaired) electrons. The molecule has 2 N–H and O–H groups in total. The highest BCUT2D eigenvalue weighted by atomic mass is 32.2. The summed E-state index contributed by atoms with van der Waals surface area (Å²) < 4.78 is 1.90. The number of nitrogens with one attached hydrogen (secondary N) is 1. The molecule has 1 aromatic carbocycles. The van der Waals surface area contributed by atoms with Crippen molar-refractivity contribution < 1.29 is 9.90 Å². The molecule has 0 spiro atoms. The molecule has 1 amide bonds. The van der Waals surface area contributed by atoms with Crippen molar-refractivity contribution in [3.63, 3.8) is 0 Å². The number of pyridine rings is 1. The van der Waals surface area contributed by atoms with Crippen molar-refractivity contribution in [1.82, 2.24) is 14.3 Å². The molecule has 170 valence electrons. The van der Waals surface area contributed by atoms with Gasteiger partial charge in [-0.25, -0.2) is 4.98 Å². The number of amides is 1. The van der Waals surface area contributed by atoms with Gasteiger partial charge >= 0.3 is 0 Å². The Bertz CT molecular complexity index is 1270. The van der Waals surface area contributed by atoms with Gasteiger partial charge in [0.25, 0.3) is 11.5 Å². The highest BCUT2D eigenvalue weighted by Gasteiger charge is 2.32. The van der Waals surface area contributed by atoms with E-state index in [0.717, 1.165) is 5.56 Å². The molecule has 1 aliphatic rings. The Labute approximate surface area is 201 Å². The number of fused-ring (bicyclic) bond motifs is 1. The van der Waals surface area contributed by atoms with Gasteiger partial charge in [-0.15, -0.1) is 0 Å². The number of anilines is 1. The Balaban J connectivity index is 1.68. The number of carbonyl (C=O) groups is 1. The lowest BCUT2D eigenvalue weighted by Gasteiger charge is -2.17. The van der Waals surface area contributed by atoms with Crippen LogP contribution in [0.1, 0.15) is 24.5 Å². The van der Waals surface area contributed by atoms with Crippen LogP contribution in [0, 0.1) is 0 Å².